The number of hydrogen-bond donors (Lipinski definition) is 1. The highest BCUT2D eigenvalue weighted by molar-refractivity contribution is 5.95. The second-order valence-electron chi connectivity index (χ2n) is 13.4. The van der Waals surface area contributed by atoms with E-state index in [1.165, 1.54) is 0 Å². The van der Waals surface area contributed by atoms with Gasteiger partial charge in [0.2, 0.25) is 18.4 Å². The molecular formula is C37H48N3O8+. The van der Waals surface area contributed by atoms with Crippen LogP contribution in [0.2, 0.25) is 0 Å². The first-order chi connectivity index (χ1) is 23.0. The predicted molar refractivity (Wildman–Crippen MR) is 182 cm³/mol. The van der Waals surface area contributed by atoms with Crippen molar-refractivity contribution >= 4 is 17.6 Å². The van der Waals surface area contributed by atoms with Crippen molar-refractivity contribution in [2.24, 2.45) is 5.92 Å². The molecule has 11 nitrogen and oxygen atoms in total. The molecule has 3 aromatic rings. The van der Waals surface area contributed by atoms with Crippen LogP contribution in [0.1, 0.15) is 36.8 Å². The number of quaternary nitrogens is 1. The van der Waals surface area contributed by atoms with Crippen molar-refractivity contribution < 1.29 is 42.9 Å². The van der Waals surface area contributed by atoms with E-state index in [2.05, 4.69) is 40.2 Å². The van der Waals surface area contributed by atoms with Gasteiger partial charge in [0.25, 0.3) is 0 Å². The number of rotatable bonds is 15. The molecule has 0 bridgehead atoms. The van der Waals surface area contributed by atoms with Gasteiger partial charge in [0.05, 0.1) is 53.9 Å². The summed E-state index contributed by atoms with van der Waals surface area (Å²) in [5.41, 5.74) is 2.71. The van der Waals surface area contributed by atoms with E-state index in [4.69, 9.17) is 23.7 Å². The number of nitrogens with zero attached hydrogens (tertiary/aromatic N) is 3. The van der Waals surface area contributed by atoms with Gasteiger partial charge in [-0.3, -0.25) is 14.5 Å². The van der Waals surface area contributed by atoms with Gasteiger partial charge in [-0.2, -0.15) is 0 Å². The number of likely N-dealkylation sites (tertiary alicyclic amines) is 1. The fourth-order valence-corrected chi connectivity index (χ4v) is 6.66. The lowest BCUT2D eigenvalue weighted by molar-refractivity contribution is -0.884. The van der Waals surface area contributed by atoms with Crippen LogP contribution in [0.25, 0.3) is 0 Å². The molecule has 2 aliphatic rings. The van der Waals surface area contributed by atoms with Crippen LogP contribution in [0, 0.1) is 5.92 Å². The molecule has 0 spiro atoms. The summed E-state index contributed by atoms with van der Waals surface area (Å²) >= 11 is 0. The number of aliphatic carboxylic acids is 1. The Kier molecular flexibility index (Phi) is 11.0. The van der Waals surface area contributed by atoms with Crippen LogP contribution in [-0.4, -0.2) is 101 Å². The van der Waals surface area contributed by atoms with Crippen LogP contribution in [0.5, 0.6) is 28.7 Å². The van der Waals surface area contributed by atoms with Crippen LogP contribution in [-0.2, 0) is 16.1 Å². The Morgan fingerprint density at radius 3 is 2.42 bits per heavy atom. The summed E-state index contributed by atoms with van der Waals surface area (Å²) in [6, 6.07) is 18.4. The van der Waals surface area contributed by atoms with Crippen molar-refractivity contribution in [1.29, 1.82) is 0 Å². The molecule has 1 fully saturated rings. The zero-order chi connectivity index (χ0) is 34.4. The van der Waals surface area contributed by atoms with Crippen LogP contribution in [0.15, 0.2) is 60.7 Å². The van der Waals surface area contributed by atoms with Gasteiger partial charge in [-0.25, -0.2) is 0 Å². The monoisotopic (exact) mass is 662 g/mol. The molecule has 1 saturated heterocycles. The first kappa shape index (κ1) is 34.8. The zero-order valence-electron chi connectivity index (χ0n) is 28.8. The highest BCUT2D eigenvalue weighted by Crippen LogP contribution is 2.47. The van der Waals surface area contributed by atoms with Gasteiger partial charge in [-0.05, 0) is 48.4 Å². The number of methoxy groups -OCH3 is 2. The molecule has 48 heavy (non-hydrogen) atoms. The Balaban J connectivity index is 1.49. The minimum Gasteiger partial charge on any atom is -0.493 e. The van der Waals surface area contributed by atoms with Crippen LogP contribution < -0.4 is 28.6 Å². The summed E-state index contributed by atoms with van der Waals surface area (Å²) < 4.78 is 29.4. The summed E-state index contributed by atoms with van der Waals surface area (Å²) in [4.78, 5) is 31.2. The minimum atomic E-state index is -0.976. The number of amides is 1. The van der Waals surface area contributed by atoms with Gasteiger partial charge in [0.15, 0.2) is 23.0 Å². The van der Waals surface area contributed by atoms with E-state index in [0.717, 1.165) is 40.7 Å². The Morgan fingerprint density at radius 1 is 0.979 bits per heavy atom. The molecular weight excluding hydrogens is 614 g/mol. The predicted octanol–water partition coefficient (Wildman–Crippen LogP) is 5.02. The van der Waals surface area contributed by atoms with Crippen molar-refractivity contribution in [2.45, 2.75) is 38.3 Å². The third-order valence-electron chi connectivity index (χ3n) is 8.87. The smallest absolute Gasteiger partial charge is 0.308 e. The summed E-state index contributed by atoms with van der Waals surface area (Å²) in [5.74, 6) is 0.0650. The van der Waals surface area contributed by atoms with E-state index in [1.807, 2.05) is 46.2 Å². The average molecular weight is 663 g/mol. The molecule has 5 rings (SSSR count). The largest absolute Gasteiger partial charge is 0.493 e. The van der Waals surface area contributed by atoms with Gasteiger partial charge in [0.1, 0.15) is 13.2 Å². The summed E-state index contributed by atoms with van der Waals surface area (Å²) in [6.45, 7) is 3.91. The van der Waals surface area contributed by atoms with E-state index in [0.29, 0.717) is 41.8 Å². The first-order valence-electron chi connectivity index (χ1n) is 16.4. The molecule has 0 radical (unpaired) electrons. The number of benzene rings is 3. The molecule has 0 aliphatic carbocycles. The van der Waals surface area contributed by atoms with Crippen molar-refractivity contribution in [3.63, 3.8) is 0 Å². The molecule has 1 unspecified atom stereocenters. The number of unbranched alkanes of at least 4 members (excludes halogenated alkanes) is 1. The Hall–Kier alpha value is -4.48. The normalized spacial score (nSPS) is 18.8. The molecule has 2 heterocycles. The summed E-state index contributed by atoms with van der Waals surface area (Å²) in [6.07, 6.45) is 1.76. The van der Waals surface area contributed by atoms with E-state index in [-0.39, 0.29) is 25.9 Å². The zero-order valence-corrected chi connectivity index (χ0v) is 28.8. The lowest BCUT2D eigenvalue weighted by atomic mass is 9.85. The fraction of sp³-hybridized carbons (Fsp3) is 0.459. The Morgan fingerprint density at radius 2 is 1.73 bits per heavy atom. The van der Waals surface area contributed by atoms with Crippen molar-refractivity contribution in [2.75, 3.05) is 73.3 Å². The van der Waals surface area contributed by atoms with E-state index in [9.17, 15) is 14.7 Å². The number of anilines is 1. The maximum Gasteiger partial charge on any atom is 0.308 e. The molecule has 258 valence electrons. The molecule has 1 N–H and O–H groups in total. The van der Waals surface area contributed by atoms with Crippen molar-refractivity contribution in [3.05, 3.63) is 71.8 Å². The lowest BCUT2D eigenvalue weighted by Gasteiger charge is -2.30. The lowest BCUT2D eigenvalue weighted by Crippen LogP contribution is -2.46. The van der Waals surface area contributed by atoms with Crippen LogP contribution in [0.4, 0.5) is 5.69 Å². The molecule has 3 aromatic carbocycles. The molecule has 2 aliphatic heterocycles. The molecule has 1 amide bonds. The highest BCUT2D eigenvalue weighted by Gasteiger charge is 2.48. The molecule has 11 heteroatoms. The minimum absolute atomic E-state index is 0.0190. The number of carbonyl (C=O) groups excluding carboxylic acids is 1. The number of para-hydroxylation sites is 2. The second kappa shape index (κ2) is 15.2. The number of fused-ring (bicyclic) bond motifs is 1. The van der Waals surface area contributed by atoms with Gasteiger partial charge >= 0.3 is 5.97 Å². The van der Waals surface area contributed by atoms with Crippen LogP contribution in [0.3, 0.4) is 0 Å². The number of carbonyl (C=O) groups is 2. The van der Waals surface area contributed by atoms with E-state index < -0.39 is 23.8 Å². The topological polar surface area (TPSA) is 107 Å². The molecule has 0 saturated carbocycles. The van der Waals surface area contributed by atoms with Gasteiger partial charge in [-0.1, -0.05) is 37.6 Å². The quantitative estimate of drug-likeness (QED) is 0.225. The number of carboxylic acids is 1. The standard InChI is InChI=1S/C37H47N3O8/c1-7-8-16-39(27-13-11-12-25(17-27)22-40(2,3)4)34(41)21-38-20-28(26-18-32(45-6)36-33(19-26)47-24-48-36)35(37(42)43)29(38)23-46-31-15-10-9-14-30(31)44-5/h9-15,17-19,28-29,35H,7-8,16,20-24H2,1-6H3/p+1/t28-,29+,35?/m1/s1. The fourth-order valence-electron chi connectivity index (χ4n) is 6.66. The third kappa shape index (κ3) is 7.96. The summed E-state index contributed by atoms with van der Waals surface area (Å²) in [5, 5.41) is 10.7. The first-order valence-corrected chi connectivity index (χ1v) is 16.4. The van der Waals surface area contributed by atoms with Gasteiger partial charge < -0.3 is 38.2 Å². The Labute approximate surface area is 283 Å². The molecule has 3 atom stereocenters. The Bertz CT molecular complexity index is 1590. The van der Waals surface area contributed by atoms with Crippen molar-refractivity contribution in [1.82, 2.24) is 4.90 Å². The third-order valence-corrected chi connectivity index (χ3v) is 8.87. The molecule has 0 aromatic heterocycles. The average Bonchev–Trinajstić information content (AvgIpc) is 3.68. The SMILES string of the molecule is CCCCN(C(=O)CN1C[C@H](c2cc(OC)c3c(c2)OCO3)C(C(=O)O)[C@@H]1COc1ccccc1OC)c1cccc(C[N+](C)(C)C)c1. The van der Waals surface area contributed by atoms with Crippen LogP contribution >= 0.6 is 0 Å². The maximum absolute atomic E-state index is 14.3. The number of ether oxygens (including phenoxy) is 5. The van der Waals surface area contributed by atoms with Crippen molar-refractivity contribution in [3.8, 4) is 28.7 Å². The van der Waals surface area contributed by atoms with Gasteiger partial charge in [0, 0.05) is 30.3 Å². The van der Waals surface area contributed by atoms with Gasteiger partial charge in [-0.15, -0.1) is 0 Å². The number of hydrogen-bond acceptors (Lipinski definition) is 8. The maximum atomic E-state index is 14.3. The summed E-state index contributed by atoms with van der Waals surface area (Å²) in [7, 11) is 9.51. The number of carboxylic acid groups (broad SMARTS) is 1. The van der Waals surface area contributed by atoms with E-state index in [1.54, 1.807) is 26.4 Å². The van der Waals surface area contributed by atoms with E-state index >= 15 is 0 Å². The second-order valence-corrected chi connectivity index (χ2v) is 13.4. The highest BCUT2D eigenvalue weighted by atomic mass is 16.7.